The van der Waals surface area contributed by atoms with Gasteiger partial charge in [0.2, 0.25) is 11.8 Å². The fourth-order valence-electron chi connectivity index (χ4n) is 3.22. The van der Waals surface area contributed by atoms with E-state index in [9.17, 15) is 4.79 Å². The quantitative estimate of drug-likeness (QED) is 0.856. The van der Waals surface area contributed by atoms with Crippen LogP contribution >= 0.6 is 12.4 Å². The smallest absolute Gasteiger partial charge is 0.229 e. The first-order valence-corrected chi connectivity index (χ1v) is 8.11. The van der Waals surface area contributed by atoms with Crippen molar-refractivity contribution in [2.75, 3.05) is 19.8 Å². The summed E-state index contributed by atoms with van der Waals surface area (Å²) in [6.45, 7) is 4.02. The summed E-state index contributed by atoms with van der Waals surface area (Å²) in [7, 11) is 0. The summed E-state index contributed by atoms with van der Waals surface area (Å²) in [6.07, 6.45) is 4.39. The number of hydrogen-bond donors (Lipinski definition) is 2. The summed E-state index contributed by atoms with van der Waals surface area (Å²) in [5, 5.41) is 10.3. The maximum atomic E-state index is 12.1. The number of carbonyl (C=O) groups is 1. The van der Waals surface area contributed by atoms with Crippen molar-refractivity contribution in [1.29, 1.82) is 0 Å². The summed E-state index contributed by atoms with van der Waals surface area (Å²) in [5.74, 6) is 1.88. The van der Waals surface area contributed by atoms with Crippen molar-refractivity contribution >= 4 is 18.3 Å². The summed E-state index contributed by atoms with van der Waals surface area (Å²) in [6, 6.07) is 0.406. The molecule has 0 bridgehead atoms. The minimum Gasteiger partial charge on any atom is -0.378 e. The van der Waals surface area contributed by atoms with Crippen LogP contribution in [0.15, 0.2) is 4.52 Å². The molecule has 1 saturated heterocycles. The second-order valence-corrected chi connectivity index (χ2v) is 6.23. The van der Waals surface area contributed by atoms with Gasteiger partial charge in [-0.3, -0.25) is 4.79 Å². The molecular formula is C15H25ClN4O3. The molecule has 1 unspecified atom stereocenters. The third kappa shape index (κ3) is 5.16. The van der Waals surface area contributed by atoms with Crippen LogP contribution < -0.4 is 10.6 Å². The molecule has 1 aliphatic heterocycles. The fraction of sp³-hybridized carbons (Fsp3) is 0.800. The van der Waals surface area contributed by atoms with Gasteiger partial charge in [-0.15, -0.1) is 12.4 Å². The molecule has 8 heteroatoms. The average molecular weight is 345 g/mol. The summed E-state index contributed by atoms with van der Waals surface area (Å²) in [5.41, 5.74) is 0. The van der Waals surface area contributed by atoms with Crippen molar-refractivity contribution < 1.29 is 14.1 Å². The van der Waals surface area contributed by atoms with Crippen molar-refractivity contribution in [2.24, 2.45) is 0 Å². The Morgan fingerprint density at radius 2 is 2.13 bits per heavy atom. The van der Waals surface area contributed by atoms with E-state index in [0.717, 1.165) is 44.7 Å². The molecule has 1 amide bonds. The number of ether oxygens (including phenoxy) is 1. The van der Waals surface area contributed by atoms with Crippen molar-refractivity contribution in [1.82, 2.24) is 20.8 Å². The van der Waals surface area contributed by atoms with E-state index in [-0.39, 0.29) is 30.4 Å². The lowest BCUT2D eigenvalue weighted by molar-refractivity contribution is -0.123. The Bertz CT molecular complexity index is 497. The summed E-state index contributed by atoms with van der Waals surface area (Å²) in [4.78, 5) is 16.4. The largest absolute Gasteiger partial charge is 0.378 e. The highest BCUT2D eigenvalue weighted by Crippen LogP contribution is 2.31. The van der Waals surface area contributed by atoms with Crippen LogP contribution in [0.5, 0.6) is 0 Å². The lowest BCUT2D eigenvalue weighted by atomic mass is 9.86. The zero-order chi connectivity index (χ0) is 15.4. The highest BCUT2D eigenvalue weighted by molar-refractivity contribution is 5.85. The number of nitrogens with zero attached hydrogens (tertiary/aromatic N) is 2. The van der Waals surface area contributed by atoms with Crippen LogP contribution in [-0.4, -0.2) is 47.9 Å². The standard InChI is InChI=1S/C15H24N4O3.ClH/c1-10-17-15(22-19-10)11-2-4-12(5-3-11)18-14(20)8-13-9-21-7-6-16-13;/h11-13,16H,2-9H2,1H3,(H,18,20);1H. The average Bonchev–Trinajstić information content (AvgIpc) is 2.95. The van der Waals surface area contributed by atoms with Crippen LogP contribution in [0, 0.1) is 6.92 Å². The first-order valence-electron chi connectivity index (χ1n) is 8.11. The highest BCUT2D eigenvalue weighted by atomic mass is 35.5. The third-order valence-electron chi connectivity index (χ3n) is 4.42. The van der Waals surface area contributed by atoms with Crippen LogP contribution in [0.3, 0.4) is 0 Å². The number of nitrogens with one attached hydrogen (secondary N) is 2. The number of aryl methyl sites for hydroxylation is 1. The summed E-state index contributed by atoms with van der Waals surface area (Å²) < 4.78 is 10.6. The second-order valence-electron chi connectivity index (χ2n) is 6.23. The van der Waals surface area contributed by atoms with Crippen LogP contribution in [0.2, 0.25) is 0 Å². The van der Waals surface area contributed by atoms with Crippen LogP contribution in [0.4, 0.5) is 0 Å². The second kappa shape index (κ2) is 8.61. The minimum atomic E-state index is 0. The Labute approximate surface area is 142 Å². The van der Waals surface area contributed by atoms with Gasteiger partial charge in [-0.25, -0.2) is 0 Å². The van der Waals surface area contributed by atoms with E-state index >= 15 is 0 Å². The number of halogens is 1. The molecule has 23 heavy (non-hydrogen) atoms. The minimum absolute atomic E-state index is 0. The van der Waals surface area contributed by atoms with Crippen LogP contribution in [0.25, 0.3) is 0 Å². The van der Waals surface area contributed by atoms with E-state index in [1.54, 1.807) is 0 Å². The highest BCUT2D eigenvalue weighted by Gasteiger charge is 2.27. The van der Waals surface area contributed by atoms with Crippen molar-refractivity contribution in [3.05, 3.63) is 11.7 Å². The van der Waals surface area contributed by atoms with E-state index < -0.39 is 0 Å². The lowest BCUT2D eigenvalue weighted by Crippen LogP contribution is -2.46. The molecule has 2 N–H and O–H groups in total. The maximum Gasteiger partial charge on any atom is 0.229 e. The molecule has 0 radical (unpaired) electrons. The predicted molar refractivity (Wildman–Crippen MR) is 86.6 cm³/mol. The van der Waals surface area contributed by atoms with Crippen molar-refractivity contribution in [2.45, 2.75) is 57.0 Å². The van der Waals surface area contributed by atoms with E-state index in [0.29, 0.717) is 24.8 Å². The topological polar surface area (TPSA) is 89.3 Å². The Hall–Kier alpha value is -1.18. The van der Waals surface area contributed by atoms with E-state index in [2.05, 4.69) is 20.8 Å². The Kier molecular flexibility index (Phi) is 6.80. The van der Waals surface area contributed by atoms with Gasteiger partial charge in [-0.2, -0.15) is 4.98 Å². The number of aromatic nitrogens is 2. The molecule has 7 nitrogen and oxygen atoms in total. The molecule has 0 spiro atoms. The van der Waals surface area contributed by atoms with Crippen molar-refractivity contribution in [3.8, 4) is 0 Å². The fourth-order valence-corrected chi connectivity index (χ4v) is 3.22. The third-order valence-corrected chi connectivity index (χ3v) is 4.42. The molecule has 130 valence electrons. The molecule has 1 aliphatic carbocycles. The van der Waals surface area contributed by atoms with Gasteiger partial charge in [-0.1, -0.05) is 5.16 Å². The van der Waals surface area contributed by atoms with Gasteiger partial charge in [0, 0.05) is 31.0 Å². The maximum absolute atomic E-state index is 12.1. The molecule has 1 saturated carbocycles. The van der Waals surface area contributed by atoms with Gasteiger partial charge in [-0.05, 0) is 32.6 Å². The SMILES string of the molecule is Cc1noc(C2CCC(NC(=O)CC3COCCN3)CC2)n1.Cl. The molecule has 1 aromatic heterocycles. The monoisotopic (exact) mass is 344 g/mol. The zero-order valence-corrected chi connectivity index (χ0v) is 14.2. The first-order chi connectivity index (χ1) is 10.7. The van der Waals surface area contributed by atoms with E-state index in [1.165, 1.54) is 0 Å². The lowest BCUT2D eigenvalue weighted by Gasteiger charge is -2.28. The van der Waals surface area contributed by atoms with Gasteiger partial charge >= 0.3 is 0 Å². The number of hydrogen-bond acceptors (Lipinski definition) is 6. The molecule has 3 rings (SSSR count). The van der Waals surface area contributed by atoms with Crippen molar-refractivity contribution in [3.63, 3.8) is 0 Å². The molecule has 1 atom stereocenters. The molecular weight excluding hydrogens is 320 g/mol. The number of carbonyl (C=O) groups excluding carboxylic acids is 1. The number of morpholine rings is 1. The van der Waals surface area contributed by atoms with Crippen LogP contribution in [-0.2, 0) is 9.53 Å². The first kappa shape index (κ1) is 18.2. The number of rotatable bonds is 4. The molecule has 1 aromatic rings. The summed E-state index contributed by atoms with van der Waals surface area (Å²) >= 11 is 0. The Morgan fingerprint density at radius 3 is 2.74 bits per heavy atom. The molecule has 2 heterocycles. The molecule has 2 aliphatic rings. The van der Waals surface area contributed by atoms with Crippen LogP contribution in [0.1, 0.15) is 49.7 Å². The van der Waals surface area contributed by atoms with Gasteiger partial charge in [0.15, 0.2) is 5.82 Å². The predicted octanol–water partition coefficient (Wildman–Crippen LogP) is 1.32. The Morgan fingerprint density at radius 1 is 1.35 bits per heavy atom. The Balaban J connectivity index is 0.00000192. The van der Waals surface area contributed by atoms with E-state index in [4.69, 9.17) is 9.26 Å². The van der Waals surface area contributed by atoms with Gasteiger partial charge < -0.3 is 19.9 Å². The van der Waals surface area contributed by atoms with Gasteiger partial charge in [0.1, 0.15) is 0 Å². The van der Waals surface area contributed by atoms with E-state index in [1.807, 2.05) is 6.92 Å². The normalized spacial score (nSPS) is 28.0. The molecule has 0 aromatic carbocycles. The van der Waals surface area contributed by atoms with Gasteiger partial charge in [0.25, 0.3) is 0 Å². The zero-order valence-electron chi connectivity index (χ0n) is 13.4. The van der Waals surface area contributed by atoms with Gasteiger partial charge in [0.05, 0.1) is 13.2 Å². The number of amides is 1. The molecule has 2 fully saturated rings.